The molecule has 6 nitrogen and oxygen atoms in total. The number of rotatable bonds is 3. The van der Waals surface area contributed by atoms with E-state index in [1.165, 1.54) is 12.1 Å². The first-order chi connectivity index (χ1) is 10.8. The molecule has 1 aromatic rings. The zero-order chi connectivity index (χ0) is 17.0. The average molecular weight is 326 g/mol. The van der Waals surface area contributed by atoms with Crippen molar-refractivity contribution in [3.05, 3.63) is 24.0 Å². The van der Waals surface area contributed by atoms with Gasteiger partial charge in [0.05, 0.1) is 24.9 Å². The van der Waals surface area contributed by atoms with Crippen molar-refractivity contribution < 1.29 is 23.4 Å². The standard InChI is InChI=1S/C16H23FN2O4/c1-16(2,3)23-15(20)19-6-7-21-9-11(19)10-22-12-4-5-14(18)13(17)8-12/h4-5,8,11H,6-7,9-10,18H2,1-3H3. The number of nitrogens with two attached hydrogens (primary N) is 1. The third kappa shape index (κ3) is 4.99. The summed E-state index contributed by atoms with van der Waals surface area (Å²) in [5.41, 5.74) is 4.92. The molecule has 1 unspecified atom stereocenters. The Bertz CT molecular complexity index is 560. The van der Waals surface area contributed by atoms with Gasteiger partial charge in [-0.05, 0) is 32.9 Å². The largest absolute Gasteiger partial charge is 0.491 e. The molecule has 0 aromatic heterocycles. The monoisotopic (exact) mass is 326 g/mol. The van der Waals surface area contributed by atoms with Crippen LogP contribution in [0.15, 0.2) is 18.2 Å². The van der Waals surface area contributed by atoms with Gasteiger partial charge in [-0.25, -0.2) is 9.18 Å². The Morgan fingerprint density at radius 3 is 2.87 bits per heavy atom. The number of halogens is 1. The fraction of sp³-hybridized carbons (Fsp3) is 0.562. The predicted octanol–water partition coefficient (Wildman–Crippen LogP) is 2.42. The van der Waals surface area contributed by atoms with Gasteiger partial charge in [0.15, 0.2) is 0 Å². The fourth-order valence-electron chi connectivity index (χ4n) is 2.14. The Labute approximate surface area is 135 Å². The summed E-state index contributed by atoms with van der Waals surface area (Å²) in [5.74, 6) is -0.183. The maximum Gasteiger partial charge on any atom is 0.410 e. The van der Waals surface area contributed by atoms with Crippen LogP contribution in [0.3, 0.4) is 0 Å². The highest BCUT2D eigenvalue weighted by molar-refractivity contribution is 5.68. The first kappa shape index (κ1) is 17.3. The van der Waals surface area contributed by atoms with E-state index in [1.54, 1.807) is 11.0 Å². The van der Waals surface area contributed by atoms with Crippen molar-refractivity contribution in [2.75, 3.05) is 32.1 Å². The number of nitrogen functional groups attached to an aromatic ring is 1. The molecule has 0 saturated carbocycles. The molecule has 0 bridgehead atoms. The first-order valence-corrected chi connectivity index (χ1v) is 7.51. The third-order valence-corrected chi connectivity index (χ3v) is 3.27. The van der Waals surface area contributed by atoms with Crippen LogP contribution in [0.5, 0.6) is 5.75 Å². The topological polar surface area (TPSA) is 74.0 Å². The molecular formula is C16H23FN2O4. The van der Waals surface area contributed by atoms with Gasteiger partial charge in [-0.15, -0.1) is 0 Å². The van der Waals surface area contributed by atoms with Crippen LogP contribution in [-0.4, -0.2) is 49.0 Å². The Morgan fingerprint density at radius 2 is 2.22 bits per heavy atom. The van der Waals surface area contributed by atoms with Gasteiger partial charge >= 0.3 is 6.09 Å². The second kappa shape index (κ2) is 7.04. The smallest absolute Gasteiger partial charge is 0.410 e. The lowest BCUT2D eigenvalue weighted by Gasteiger charge is -2.36. The number of benzene rings is 1. The lowest BCUT2D eigenvalue weighted by molar-refractivity contribution is -0.0418. The highest BCUT2D eigenvalue weighted by atomic mass is 19.1. The number of ether oxygens (including phenoxy) is 3. The maximum absolute atomic E-state index is 13.4. The minimum absolute atomic E-state index is 0.0636. The number of hydrogen-bond donors (Lipinski definition) is 1. The Hall–Kier alpha value is -2.02. The normalized spacial score (nSPS) is 18.6. The summed E-state index contributed by atoms with van der Waals surface area (Å²) in [6.07, 6.45) is -0.405. The van der Waals surface area contributed by atoms with E-state index in [2.05, 4.69) is 0 Å². The molecule has 2 N–H and O–H groups in total. The van der Waals surface area contributed by atoms with Crippen molar-refractivity contribution in [2.24, 2.45) is 0 Å². The second-order valence-electron chi connectivity index (χ2n) is 6.40. The van der Waals surface area contributed by atoms with E-state index >= 15 is 0 Å². The van der Waals surface area contributed by atoms with Crippen molar-refractivity contribution in [1.82, 2.24) is 4.90 Å². The van der Waals surface area contributed by atoms with Gasteiger partial charge in [-0.3, -0.25) is 4.90 Å². The van der Waals surface area contributed by atoms with Crippen LogP contribution < -0.4 is 10.5 Å². The van der Waals surface area contributed by atoms with Gasteiger partial charge in [0.2, 0.25) is 0 Å². The van der Waals surface area contributed by atoms with E-state index in [1.807, 2.05) is 20.8 Å². The lowest BCUT2D eigenvalue weighted by atomic mass is 10.2. The summed E-state index contributed by atoms with van der Waals surface area (Å²) < 4.78 is 29.8. The summed E-state index contributed by atoms with van der Waals surface area (Å²) in [6.45, 7) is 6.85. The number of carbonyl (C=O) groups is 1. The highest BCUT2D eigenvalue weighted by Crippen LogP contribution is 2.20. The molecule has 1 aromatic carbocycles. The predicted molar refractivity (Wildman–Crippen MR) is 83.9 cm³/mol. The summed E-state index contributed by atoms with van der Waals surface area (Å²) in [4.78, 5) is 13.8. The van der Waals surface area contributed by atoms with Gasteiger partial charge in [-0.2, -0.15) is 0 Å². The molecule has 1 fully saturated rings. The van der Waals surface area contributed by atoms with Crippen molar-refractivity contribution in [3.63, 3.8) is 0 Å². The van der Waals surface area contributed by atoms with Crippen LogP contribution in [0, 0.1) is 5.82 Å². The minimum Gasteiger partial charge on any atom is -0.491 e. The molecule has 1 aliphatic rings. The SMILES string of the molecule is CC(C)(C)OC(=O)N1CCOCC1COc1ccc(N)c(F)c1. The van der Waals surface area contributed by atoms with Gasteiger partial charge in [0, 0.05) is 12.6 Å². The number of carbonyl (C=O) groups excluding carboxylic acids is 1. The summed E-state index contributed by atoms with van der Waals surface area (Å²) in [7, 11) is 0. The molecule has 0 spiro atoms. The van der Waals surface area contributed by atoms with Crippen LogP contribution in [-0.2, 0) is 9.47 Å². The van der Waals surface area contributed by atoms with E-state index in [9.17, 15) is 9.18 Å². The molecule has 1 amide bonds. The van der Waals surface area contributed by atoms with Crippen molar-refractivity contribution >= 4 is 11.8 Å². The molecule has 2 rings (SSSR count). The van der Waals surface area contributed by atoms with Gasteiger partial charge < -0.3 is 19.9 Å². The van der Waals surface area contributed by atoms with Gasteiger partial charge in [-0.1, -0.05) is 0 Å². The first-order valence-electron chi connectivity index (χ1n) is 7.51. The molecule has 128 valence electrons. The number of anilines is 1. The van der Waals surface area contributed by atoms with Crippen molar-refractivity contribution in [2.45, 2.75) is 32.4 Å². The summed E-state index contributed by atoms with van der Waals surface area (Å²) in [5, 5.41) is 0. The van der Waals surface area contributed by atoms with E-state index in [4.69, 9.17) is 19.9 Å². The Balaban J connectivity index is 1.98. The van der Waals surface area contributed by atoms with Crippen molar-refractivity contribution in [1.29, 1.82) is 0 Å². The van der Waals surface area contributed by atoms with Gasteiger partial charge in [0.25, 0.3) is 0 Å². The quantitative estimate of drug-likeness (QED) is 0.864. The number of hydrogen-bond acceptors (Lipinski definition) is 5. The zero-order valence-electron chi connectivity index (χ0n) is 13.7. The summed E-state index contributed by atoms with van der Waals surface area (Å²) >= 11 is 0. The molecule has 0 aliphatic carbocycles. The lowest BCUT2D eigenvalue weighted by Crippen LogP contribution is -2.52. The number of amides is 1. The molecule has 1 heterocycles. The molecule has 0 radical (unpaired) electrons. The summed E-state index contributed by atoms with van der Waals surface area (Å²) in [6, 6.07) is 3.95. The fourth-order valence-corrected chi connectivity index (χ4v) is 2.14. The van der Waals surface area contributed by atoms with E-state index in [-0.39, 0.29) is 18.3 Å². The molecular weight excluding hydrogens is 303 g/mol. The number of nitrogens with zero attached hydrogens (tertiary/aromatic N) is 1. The highest BCUT2D eigenvalue weighted by Gasteiger charge is 2.31. The molecule has 23 heavy (non-hydrogen) atoms. The zero-order valence-corrected chi connectivity index (χ0v) is 13.7. The van der Waals surface area contributed by atoms with E-state index in [0.29, 0.717) is 25.5 Å². The molecule has 1 aliphatic heterocycles. The maximum atomic E-state index is 13.4. The molecule has 7 heteroatoms. The van der Waals surface area contributed by atoms with Crippen LogP contribution in [0.4, 0.5) is 14.9 Å². The van der Waals surface area contributed by atoms with E-state index in [0.717, 1.165) is 0 Å². The van der Waals surface area contributed by atoms with Crippen molar-refractivity contribution in [3.8, 4) is 5.75 Å². The minimum atomic E-state index is -0.569. The third-order valence-electron chi connectivity index (χ3n) is 3.27. The molecule has 1 saturated heterocycles. The number of morpholine rings is 1. The van der Waals surface area contributed by atoms with Crippen LogP contribution in [0.1, 0.15) is 20.8 Å². The molecule has 1 atom stereocenters. The van der Waals surface area contributed by atoms with Gasteiger partial charge in [0.1, 0.15) is 23.8 Å². The Kier molecular flexibility index (Phi) is 5.30. The Morgan fingerprint density at radius 1 is 1.48 bits per heavy atom. The van der Waals surface area contributed by atoms with Crippen LogP contribution in [0.2, 0.25) is 0 Å². The second-order valence-corrected chi connectivity index (χ2v) is 6.40. The van der Waals surface area contributed by atoms with E-state index < -0.39 is 17.5 Å². The van der Waals surface area contributed by atoms with Crippen LogP contribution in [0.25, 0.3) is 0 Å². The van der Waals surface area contributed by atoms with Crippen LogP contribution >= 0.6 is 0 Å². The average Bonchev–Trinajstić information content (AvgIpc) is 2.47.